The van der Waals surface area contributed by atoms with E-state index in [0.29, 0.717) is 12.1 Å². The highest BCUT2D eigenvalue weighted by molar-refractivity contribution is 7.80. The van der Waals surface area contributed by atoms with E-state index in [1.807, 2.05) is 0 Å². The van der Waals surface area contributed by atoms with Crippen LogP contribution in [0, 0.1) is 11.8 Å². The molecule has 23 N–H and O–H groups in total. The average molecular weight is 1090 g/mol. The Bertz CT molecular complexity index is 2120. The number of aliphatic hydroxyl groups is 2. The zero-order valence-electron chi connectivity index (χ0n) is 42.2. The Labute approximate surface area is 437 Å². The summed E-state index contributed by atoms with van der Waals surface area (Å²) in [7, 11) is 0. The van der Waals surface area contributed by atoms with Gasteiger partial charge in [0.05, 0.1) is 25.6 Å². The molecule has 75 heavy (non-hydrogen) atoms. The van der Waals surface area contributed by atoms with Crippen LogP contribution in [0.2, 0.25) is 0 Å². The van der Waals surface area contributed by atoms with E-state index in [2.05, 4.69) is 75.1 Å². The molecule has 0 spiro atoms. The molecule has 32 heteroatoms. The summed E-state index contributed by atoms with van der Waals surface area (Å²) in [5, 5.41) is 58.2. The molecule has 422 valence electrons. The number of hydrogen-bond acceptors (Lipinski definition) is 17. The second-order valence-corrected chi connectivity index (χ2v) is 18.3. The molecule has 1 aromatic rings. The lowest BCUT2D eigenvalue weighted by molar-refractivity contribution is -0.142. The molecule has 9 atom stereocenters. The van der Waals surface area contributed by atoms with Gasteiger partial charge in [-0.15, -0.1) is 0 Å². The summed E-state index contributed by atoms with van der Waals surface area (Å²) in [4.78, 5) is 146. The van der Waals surface area contributed by atoms with E-state index in [1.54, 1.807) is 27.7 Å². The molecule has 1 aromatic heterocycles. The quantitative estimate of drug-likeness (QED) is 0.0128. The van der Waals surface area contributed by atoms with Crippen molar-refractivity contribution in [2.24, 2.45) is 50.5 Å². The Morgan fingerprint density at radius 3 is 1.48 bits per heavy atom. The third-order valence-electron chi connectivity index (χ3n) is 10.8. The first-order valence-corrected chi connectivity index (χ1v) is 24.4. The summed E-state index contributed by atoms with van der Waals surface area (Å²) in [5.41, 5.74) is 27.9. The molecule has 0 radical (unpaired) electrons. The van der Waals surface area contributed by atoms with Gasteiger partial charge in [-0.2, -0.15) is 12.6 Å². The van der Waals surface area contributed by atoms with E-state index >= 15 is 0 Å². The minimum Gasteiger partial charge on any atom is -0.481 e. The molecule has 31 nitrogen and oxygen atoms in total. The van der Waals surface area contributed by atoms with Crippen LogP contribution in [0.5, 0.6) is 0 Å². The minimum atomic E-state index is -1.82. The first-order valence-electron chi connectivity index (χ1n) is 23.8. The van der Waals surface area contributed by atoms with E-state index in [1.165, 1.54) is 12.5 Å². The number of aliphatic hydroxyl groups excluding tert-OH is 2. The number of carboxylic acid groups (broad SMARTS) is 2. The fourth-order valence-electron chi connectivity index (χ4n) is 6.75. The monoisotopic (exact) mass is 1090 g/mol. The van der Waals surface area contributed by atoms with Crippen molar-refractivity contribution >= 4 is 83.7 Å². The van der Waals surface area contributed by atoms with E-state index in [-0.39, 0.29) is 63.0 Å². The van der Waals surface area contributed by atoms with Gasteiger partial charge in [-0.05, 0) is 50.4 Å². The van der Waals surface area contributed by atoms with Crippen molar-refractivity contribution in [1.29, 1.82) is 0 Å². The Morgan fingerprint density at radius 1 is 0.600 bits per heavy atom. The van der Waals surface area contributed by atoms with Crippen molar-refractivity contribution in [2.75, 3.05) is 32.1 Å². The Hall–Kier alpha value is -7.32. The maximum Gasteiger partial charge on any atom is 0.326 e. The van der Waals surface area contributed by atoms with E-state index < -0.39 is 151 Å². The number of guanidine groups is 2. The number of aromatic amines is 1. The van der Waals surface area contributed by atoms with E-state index in [4.69, 9.17) is 28.7 Å². The van der Waals surface area contributed by atoms with Crippen LogP contribution in [0.4, 0.5) is 0 Å². The Balaban J connectivity index is 3.32. The Kier molecular flexibility index (Phi) is 30.0. The van der Waals surface area contributed by atoms with E-state index in [0.717, 1.165) is 0 Å². The molecular weight excluding hydrogens is 1010 g/mol. The SMILES string of the molecule is CC(C)C[C@H](NC(=O)[C@@H](NC(=O)[C@@H](N)CCCN=C(N)N)C(C)C)C(=O)N[C@@H](CCC(=O)O)C(=O)N[C@@H](CCCN=C(N)N)C(=O)N[C@@H](CO)C(=O)N[C@@H](CS)C(=O)N[C@@H](CO)C(=O)N[C@@H](Cc1cnc[nH]1)C(=O)O. The average Bonchev–Trinajstić information content (AvgIpc) is 3.86. The number of aromatic nitrogens is 2. The van der Waals surface area contributed by atoms with Crippen LogP contribution < -0.4 is 71.2 Å². The number of carbonyl (C=O) groups excluding carboxylic acids is 8. The number of thiol groups is 1. The van der Waals surface area contributed by atoms with Crippen LogP contribution in [-0.2, 0) is 54.4 Å². The number of nitrogens with zero attached hydrogens (tertiary/aromatic N) is 3. The molecule has 0 aromatic carbocycles. The molecule has 0 saturated carbocycles. The van der Waals surface area contributed by atoms with Crippen molar-refractivity contribution in [1.82, 2.24) is 52.5 Å². The highest BCUT2D eigenvalue weighted by Crippen LogP contribution is 2.11. The standard InChI is InChI=1S/C43H75N17O14S/c1-20(2)13-26(55-40(72)32(21(3)4)60-33(65)23(44)7-5-11-50-42(45)46)36(68)54-25(9-10-31(63)64)35(67)53-24(8-6-12-51-43(47)48)34(66)57-29(17-62)38(70)59-30(18-75)39(71)58-28(16-61)37(69)56-27(41(73)74)14-22-15-49-19-52-22/h15,19-21,23-30,32,61-62,75H,5-14,16-18,44H2,1-4H3,(H,49,52)(H,53,67)(H,54,68)(H,55,72)(H,56,69)(H,57,66)(H,58,71)(H,59,70)(H,60,65)(H,63,64)(H,73,74)(H4,45,46,50)(H4,47,48,51)/t23-,24-,25-,26-,27-,28-,29-,30-,32-/m0/s1. The molecule has 0 saturated heterocycles. The Morgan fingerprint density at radius 2 is 1.04 bits per heavy atom. The van der Waals surface area contributed by atoms with Crippen LogP contribution in [0.15, 0.2) is 22.5 Å². The minimum absolute atomic E-state index is 0.00192. The summed E-state index contributed by atoms with van der Waals surface area (Å²) in [6.07, 6.45) is 1.49. The van der Waals surface area contributed by atoms with Gasteiger partial charge in [0.15, 0.2) is 11.9 Å². The topological polar surface area (TPSA) is 531 Å². The molecule has 8 amide bonds. The normalized spacial score (nSPS) is 14.6. The number of hydrogen-bond donors (Lipinski definition) is 19. The van der Waals surface area contributed by atoms with Gasteiger partial charge in [0.2, 0.25) is 47.3 Å². The van der Waals surface area contributed by atoms with Crippen LogP contribution in [0.25, 0.3) is 0 Å². The van der Waals surface area contributed by atoms with Crippen LogP contribution in [0.3, 0.4) is 0 Å². The van der Waals surface area contributed by atoms with Crippen molar-refractivity contribution in [3.63, 3.8) is 0 Å². The number of aliphatic imine (C=N–C) groups is 2. The lowest BCUT2D eigenvalue weighted by atomic mass is 9.99. The lowest BCUT2D eigenvalue weighted by Gasteiger charge is -2.29. The van der Waals surface area contributed by atoms with Gasteiger partial charge in [0.1, 0.15) is 48.3 Å². The number of nitrogens with one attached hydrogen (secondary N) is 9. The fraction of sp³-hybridized carbons (Fsp3) is 0.651. The molecular formula is C43H75N17O14S. The number of carbonyl (C=O) groups is 10. The third kappa shape index (κ3) is 25.5. The molecule has 0 aliphatic heterocycles. The molecule has 1 rings (SSSR count). The second kappa shape index (κ2) is 34.2. The fourth-order valence-corrected chi connectivity index (χ4v) is 7.01. The number of H-pyrrole nitrogens is 1. The predicted octanol–water partition coefficient (Wildman–Crippen LogP) is -7.17. The van der Waals surface area contributed by atoms with Crippen molar-refractivity contribution < 1.29 is 68.4 Å². The summed E-state index contributed by atoms with van der Waals surface area (Å²) < 4.78 is 0. The zero-order valence-corrected chi connectivity index (χ0v) is 43.1. The van der Waals surface area contributed by atoms with Gasteiger partial charge in [-0.25, -0.2) is 9.78 Å². The largest absolute Gasteiger partial charge is 0.481 e. The van der Waals surface area contributed by atoms with Crippen LogP contribution in [-0.4, -0.2) is 188 Å². The third-order valence-corrected chi connectivity index (χ3v) is 11.2. The summed E-state index contributed by atoms with van der Waals surface area (Å²) >= 11 is 4.07. The molecule has 0 aliphatic carbocycles. The maximum atomic E-state index is 14.0. The first kappa shape index (κ1) is 65.7. The second-order valence-electron chi connectivity index (χ2n) is 17.9. The molecule has 0 bridgehead atoms. The van der Waals surface area contributed by atoms with Crippen LogP contribution >= 0.6 is 12.6 Å². The summed E-state index contributed by atoms with van der Waals surface area (Å²) in [5.74, 6) is -12.4. The molecule has 1 heterocycles. The van der Waals surface area contributed by atoms with Gasteiger partial charge in [0.25, 0.3) is 0 Å². The van der Waals surface area contributed by atoms with E-state index in [9.17, 15) is 68.4 Å². The highest BCUT2D eigenvalue weighted by Gasteiger charge is 2.35. The number of carboxylic acids is 2. The molecule has 0 unspecified atom stereocenters. The molecule has 0 fully saturated rings. The molecule has 0 aliphatic rings. The number of aliphatic carboxylic acids is 2. The predicted molar refractivity (Wildman–Crippen MR) is 272 cm³/mol. The maximum absolute atomic E-state index is 14.0. The number of rotatable bonds is 36. The van der Waals surface area contributed by atoms with Crippen molar-refractivity contribution in [3.8, 4) is 0 Å². The van der Waals surface area contributed by atoms with Crippen molar-refractivity contribution in [2.45, 2.75) is 133 Å². The van der Waals surface area contributed by atoms with Gasteiger partial charge >= 0.3 is 11.9 Å². The van der Waals surface area contributed by atoms with Crippen molar-refractivity contribution in [3.05, 3.63) is 18.2 Å². The smallest absolute Gasteiger partial charge is 0.326 e. The summed E-state index contributed by atoms with van der Waals surface area (Å²) in [6.45, 7) is 4.80. The number of amides is 8. The van der Waals surface area contributed by atoms with Crippen LogP contribution in [0.1, 0.15) is 78.3 Å². The summed E-state index contributed by atoms with van der Waals surface area (Å²) in [6, 6.07) is -13.5. The van der Waals surface area contributed by atoms with Gasteiger partial charge < -0.3 is 96.6 Å². The van der Waals surface area contributed by atoms with Gasteiger partial charge in [-0.1, -0.05) is 27.7 Å². The number of imidazole rings is 1. The van der Waals surface area contributed by atoms with Gasteiger partial charge in [-0.3, -0.25) is 53.1 Å². The highest BCUT2D eigenvalue weighted by atomic mass is 32.1. The zero-order chi connectivity index (χ0) is 56.9. The number of nitrogens with two attached hydrogens (primary N) is 5. The lowest BCUT2D eigenvalue weighted by Crippen LogP contribution is -2.61. The first-order chi connectivity index (χ1) is 35.2. The van der Waals surface area contributed by atoms with Gasteiger partial charge in [0, 0.05) is 43.6 Å².